The second-order valence-corrected chi connectivity index (χ2v) is 12.4. The van der Waals surface area contributed by atoms with Crippen LogP contribution < -0.4 is 15.4 Å². The smallest absolute Gasteiger partial charge is 0.496 e. The first-order chi connectivity index (χ1) is 21.1. The number of carbonyl (C=O) groups excluding carboxylic acids is 2. The third kappa shape index (κ3) is 5.87. The Morgan fingerprint density at radius 1 is 0.933 bits per heavy atom. The molecule has 2 amide bonds. The maximum Gasteiger partial charge on any atom is 0.501 e. The highest BCUT2D eigenvalue weighted by Crippen LogP contribution is 2.45. The molecule has 3 aromatic rings. The van der Waals surface area contributed by atoms with E-state index in [1.807, 2.05) is 0 Å². The molecule has 9 nitrogen and oxygen atoms in total. The fraction of sp³-hybridized carbons (Fsp3) is 0.233. The number of hydrogen-bond acceptors (Lipinski definition) is 6. The molecular weight excluding hydrogens is 627 g/mol. The first-order valence-electron chi connectivity index (χ1n) is 13.2. The Labute approximate surface area is 252 Å². The molecule has 15 heteroatoms. The molecule has 0 unspecified atom stereocenters. The number of allylic oxidation sites excluding steroid dienone is 1. The van der Waals surface area contributed by atoms with Crippen molar-refractivity contribution in [3.8, 4) is 16.9 Å². The second-order valence-electron chi connectivity index (χ2n) is 10.5. The summed E-state index contributed by atoms with van der Waals surface area (Å²) >= 11 is 0. The maximum absolute atomic E-state index is 15.1. The average molecular weight is 651 g/mol. The predicted molar refractivity (Wildman–Crippen MR) is 149 cm³/mol. The standard InChI is InChI=1S/C30H23F5N2O7S/c1-44-24-13-23(32)19(14-7-8-22(31)20(10-14)29(40)41)12-21(24)27(38)37-26-16-6-5-15(9-16)25(26)28(39)36-17-3-2-4-18(11-17)45(42,43)30(33,34)35/h2-8,10-13,15-16,25-26H,9H2,1H3,(H,36,39)(H,37,38)(H,40,41)/t15-,16+,25+,26-/m1/s1. The molecule has 2 bridgehead atoms. The third-order valence-corrected chi connectivity index (χ3v) is 9.30. The maximum atomic E-state index is 15.1. The van der Waals surface area contributed by atoms with Crippen LogP contribution in [-0.2, 0) is 14.6 Å². The van der Waals surface area contributed by atoms with Gasteiger partial charge in [0.05, 0.1) is 29.1 Å². The number of carboxylic acid groups (broad SMARTS) is 1. The molecule has 2 aliphatic rings. The van der Waals surface area contributed by atoms with Gasteiger partial charge < -0.3 is 20.5 Å². The number of ether oxygens (including phenoxy) is 1. The fourth-order valence-corrected chi connectivity index (χ4v) is 6.49. The second kappa shape index (κ2) is 11.6. The molecule has 0 aromatic heterocycles. The van der Waals surface area contributed by atoms with Crippen molar-refractivity contribution in [2.45, 2.75) is 22.9 Å². The minimum absolute atomic E-state index is 0.0297. The minimum Gasteiger partial charge on any atom is -0.496 e. The SMILES string of the molecule is COc1cc(F)c(-c2ccc(F)c(C(=O)O)c2)cc1C(=O)N[C@H]1[C@@H](C(=O)Nc2cccc(S(=O)(=O)C(F)(F)F)c2)[C@@H]2C=C[C@H]1C2. The number of sulfone groups is 1. The van der Waals surface area contributed by atoms with Crippen LogP contribution in [0.15, 0.2) is 71.6 Å². The van der Waals surface area contributed by atoms with Crippen molar-refractivity contribution >= 4 is 33.3 Å². The number of aromatic carboxylic acids is 1. The molecule has 0 radical (unpaired) electrons. The molecule has 4 atom stereocenters. The lowest BCUT2D eigenvalue weighted by atomic mass is 9.87. The zero-order chi connectivity index (χ0) is 32.8. The largest absolute Gasteiger partial charge is 0.501 e. The average Bonchev–Trinajstić information content (AvgIpc) is 3.59. The topological polar surface area (TPSA) is 139 Å². The van der Waals surface area contributed by atoms with Gasteiger partial charge in [-0.2, -0.15) is 13.2 Å². The van der Waals surface area contributed by atoms with Crippen molar-refractivity contribution in [1.82, 2.24) is 5.32 Å². The van der Waals surface area contributed by atoms with Crippen molar-refractivity contribution in [3.63, 3.8) is 0 Å². The molecule has 5 rings (SSSR count). The Kier molecular flexibility index (Phi) is 8.16. The van der Waals surface area contributed by atoms with Gasteiger partial charge in [0.25, 0.3) is 15.7 Å². The summed E-state index contributed by atoms with van der Waals surface area (Å²) in [6.07, 6.45) is 4.04. The quantitative estimate of drug-likeness (QED) is 0.225. The molecule has 1 fully saturated rings. The molecule has 0 spiro atoms. The van der Waals surface area contributed by atoms with Crippen LogP contribution in [0.5, 0.6) is 5.75 Å². The van der Waals surface area contributed by atoms with Crippen LogP contribution in [0.2, 0.25) is 0 Å². The summed E-state index contributed by atoms with van der Waals surface area (Å²) in [5, 5.41) is 14.5. The zero-order valence-electron chi connectivity index (χ0n) is 23.1. The normalized spacial score (nSPS) is 20.6. The Morgan fingerprint density at radius 3 is 2.31 bits per heavy atom. The molecule has 0 aliphatic heterocycles. The number of carbonyl (C=O) groups is 3. The number of methoxy groups -OCH3 is 1. The van der Waals surface area contributed by atoms with E-state index in [1.54, 1.807) is 12.2 Å². The van der Waals surface area contributed by atoms with Crippen molar-refractivity contribution in [2.75, 3.05) is 12.4 Å². The van der Waals surface area contributed by atoms with Crippen LogP contribution >= 0.6 is 0 Å². The molecule has 3 aromatic carbocycles. The van der Waals surface area contributed by atoms with Gasteiger partial charge in [0.15, 0.2) is 0 Å². The number of anilines is 1. The summed E-state index contributed by atoms with van der Waals surface area (Å²) in [6.45, 7) is 0. The summed E-state index contributed by atoms with van der Waals surface area (Å²) in [4.78, 5) is 37.3. The van der Waals surface area contributed by atoms with E-state index >= 15 is 4.39 Å². The number of carboxylic acids is 1. The van der Waals surface area contributed by atoms with Crippen molar-refractivity contribution in [1.29, 1.82) is 0 Å². The Morgan fingerprint density at radius 2 is 1.64 bits per heavy atom. The Bertz CT molecular complexity index is 1860. The first kappa shape index (κ1) is 31.6. The van der Waals surface area contributed by atoms with Gasteiger partial charge in [-0.25, -0.2) is 22.0 Å². The van der Waals surface area contributed by atoms with Gasteiger partial charge in [0.2, 0.25) is 5.91 Å². The van der Waals surface area contributed by atoms with E-state index in [-0.39, 0.29) is 40.0 Å². The summed E-state index contributed by atoms with van der Waals surface area (Å²) < 4.78 is 97.0. The number of fused-ring (bicyclic) bond motifs is 2. The van der Waals surface area contributed by atoms with Crippen molar-refractivity contribution in [2.24, 2.45) is 17.8 Å². The predicted octanol–water partition coefficient (Wildman–Crippen LogP) is 5.19. The van der Waals surface area contributed by atoms with E-state index < -0.39 is 67.2 Å². The van der Waals surface area contributed by atoms with Gasteiger partial charge in [-0.05, 0) is 60.2 Å². The molecular formula is C30H23F5N2O7S. The van der Waals surface area contributed by atoms with E-state index in [0.29, 0.717) is 12.5 Å². The lowest BCUT2D eigenvalue weighted by Gasteiger charge is -2.28. The lowest BCUT2D eigenvalue weighted by Crippen LogP contribution is -2.47. The van der Waals surface area contributed by atoms with E-state index in [9.17, 15) is 45.5 Å². The Hall–Kier alpha value is -4.79. The van der Waals surface area contributed by atoms with Gasteiger partial charge in [0, 0.05) is 23.4 Å². The van der Waals surface area contributed by atoms with E-state index in [4.69, 9.17) is 4.74 Å². The number of hydrogen-bond donors (Lipinski definition) is 3. The summed E-state index contributed by atoms with van der Waals surface area (Å²) in [5.41, 5.74) is -6.88. The highest BCUT2D eigenvalue weighted by Gasteiger charge is 2.49. The van der Waals surface area contributed by atoms with Gasteiger partial charge in [-0.15, -0.1) is 0 Å². The number of benzene rings is 3. The summed E-state index contributed by atoms with van der Waals surface area (Å²) in [6, 6.07) is 7.80. The number of alkyl halides is 3. The number of amides is 2. The highest BCUT2D eigenvalue weighted by atomic mass is 32.2. The van der Waals surface area contributed by atoms with E-state index in [2.05, 4.69) is 10.6 Å². The van der Waals surface area contributed by atoms with Crippen LogP contribution in [0.1, 0.15) is 27.1 Å². The monoisotopic (exact) mass is 650 g/mol. The molecule has 45 heavy (non-hydrogen) atoms. The summed E-state index contributed by atoms with van der Waals surface area (Å²) in [5.74, 6) is -6.74. The summed E-state index contributed by atoms with van der Waals surface area (Å²) in [7, 11) is -4.48. The van der Waals surface area contributed by atoms with Crippen LogP contribution in [0.3, 0.4) is 0 Å². The number of nitrogens with one attached hydrogen (secondary N) is 2. The Balaban J connectivity index is 1.42. The number of rotatable bonds is 8. The molecule has 1 saturated carbocycles. The van der Waals surface area contributed by atoms with Crippen LogP contribution in [0.4, 0.5) is 27.6 Å². The first-order valence-corrected chi connectivity index (χ1v) is 14.7. The molecule has 0 saturated heterocycles. The van der Waals surface area contributed by atoms with E-state index in [1.165, 1.54) is 13.2 Å². The third-order valence-electron chi connectivity index (χ3n) is 7.82. The van der Waals surface area contributed by atoms with Crippen LogP contribution in [0, 0.1) is 29.4 Å². The van der Waals surface area contributed by atoms with Gasteiger partial charge in [-0.1, -0.05) is 24.3 Å². The lowest BCUT2D eigenvalue weighted by molar-refractivity contribution is -0.121. The van der Waals surface area contributed by atoms with Gasteiger partial charge in [-0.3, -0.25) is 9.59 Å². The van der Waals surface area contributed by atoms with Crippen LogP contribution in [0.25, 0.3) is 11.1 Å². The number of halogens is 5. The highest BCUT2D eigenvalue weighted by molar-refractivity contribution is 7.92. The van der Waals surface area contributed by atoms with Gasteiger partial charge in [0.1, 0.15) is 17.4 Å². The van der Waals surface area contributed by atoms with Crippen LogP contribution in [-0.4, -0.2) is 50.0 Å². The van der Waals surface area contributed by atoms with Crippen molar-refractivity contribution in [3.05, 3.63) is 89.5 Å². The van der Waals surface area contributed by atoms with Gasteiger partial charge >= 0.3 is 11.5 Å². The fourth-order valence-electron chi connectivity index (χ4n) is 5.69. The zero-order valence-corrected chi connectivity index (χ0v) is 23.9. The molecule has 0 heterocycles. The van der Waals surface area contributed by atoms with Crippen molar-refractivity contribution < 1.29 is 54.6 Å². The molecule has 2 aliphatic carbocycles. The molecule has 236 valence electrons. The minimum atomic E-state index is -5.67. The molecule has 3 N–H and O–H groups in total. The van der Waals surface area contributed by atoms with E-state index in [0.717, 1.165) is 42.5 Å².